The predicted molar refractivity (Wildman–Crippen MR) is 95.6 cm³/mol. The number of carbonyl (C=O) groups excluding carboxylic acids is 1. The Balaban J connectivity index is 1.98. The molecule has 0 aromatic rings. The minimum atomic E-state index is -0.185. The first kappa shape index (κ1) is 18.7. The van der Waals surface area contributed by atoms with Gasteiger partial charge in [-0.1, -0.05) is 20.8 Å². The van der Waals surface area contributed by atoms with Crippen LogP contribution in [0.25, 0.3) is 0 Å². The van der Waals surface area contributed by atoms with Crippen LogP contribution in [0, 0.1) is 11.3 Å². The lowest BCUT2D eigenvalue weighted by Gasteiger charge is -2.44. The fourth-order valence-electron chi connectivity index (χ4n) is 3.68. The molecule has 0 aromatic heterocycles. The third kappa shape index (κ3) is 5.16. The maximum absolute atomic E-state index is 13.0. The quantitative estimate of drug-likeness (QED) is 0.794. The van der Waals surface area contributed by atoms with Crippen LogP contribution in [0.1, 0.15) is 33.6 Å². The van der Waals surface area contributed by atoms with Gasteiger partial charge in [0.05, 0.1) is 5.41 Å². The Bertz CT molecular complexity index is 369. The van der Waals surface area contributed by atoms with E-state index in [1.165, 1.54) is 0 Å². The van der Waals surface area contributed by atoms with Crippen LogP contribution < -0.4 is 5.32 Å². The van der Waals surface area contributed by atoms with Crippen LogP contribution in [-0.4, -0.2) is 86.6 Å². The summed E-state index contributed by atoms with van der Waals surface area (Å²) < 4.78 is 0. The smallest absolute Gasteiger partial charge is 0.227 e. The van der Waals surface area contributed by atoms with Crippen LogP contribution >= 0.6 is 0 Å². The van der Waals surface area contributed by atoms with Gasteiger partial charge < -0.3 is 15.1 Å². The van der Waals surface area contributed by atoms with E-state index < -0.39 is 0 Å². The Kier molecular flexibility index (Phi) is 6.86. The number of piperazine rings is 1. The van der Waals surface area contributed by atoms with Crippen molar-refractivity contribution in [1.29, 1.82) is 0 Å². The summed E-state index contributed by atoms with van der Waals surface area (Å²) in [6, 6.07) is 0. The zero-order valence-corrected chi connectivity index (χ0v) is 15.6. The molecule has 0 radical (unpaired) electrons. The number of piperidine rings is 1. The van der Waals surface area contributed by atoms with Crippen molar-refractivity contribution in [3.8, 4) is 0 Å². The van der Waals surface area contributed by atoms with Gasteiger partial charge >= 0.3 is 0 Å². The first-order valence-corrected chi connectivity index (χ1v) is 9.37. The average Bonchev–Trinajstić information content (AvgIpc) is 2.55. The van der Waals surface area contributed by atoms with E-state index in [4.69, 9.17) is 0 Å². The van der Waals surface area contributed by atoms with Crippen molar-refractivity contribution in [2.75, 3.05) is 66.0 Å². The number of nitrogens with zero attached hydrogens (tertiary/aromatic N) is 3. The molecule has 0 spiro atoms. The summed E-state index contributed by atoms with van der Waals surface area (Å²) in [5.74, 6) is 0.799. The lowest BCUT2D eigenvalue weighted by molar-refractivity contribution is -0.135. The van der Waals surface area contributed by atoms with Gasteiger partial charge in [0.2, 0.25) is 5.91 Å². The van der Waals surface area contributed by atoms with Gasteiger partial charge in [0.15, 0.2) is 0 Å². The van der Waals surface area contributed by atoms with Crippen LogP contribution in [0.5, 0.6) is 0 Å². The summed E-state index contributed by atoms with van der Waals surface area (Å²) in [4.78, 5) is 20.3. The van der Waals surface area contributed by atoms with Crippen molar-refractivity contribution in [2.45, 2.75) is 33.6 Å². The van der Waals surface area contributed by atoms with Crippen molar-refractivity contribution in [3.63, 3.8) is 0 Å². The monoisotopic (exact) mass is 324 g/mol. The molecule has 2 aliphatic rings. The van der Waals surface area contributed by atoms with E-state index in [9.17, 15) is 4.79 Å². The number of hydrogen-bond donors (Lipinski definition) is 1. The summed E-state index contributed by atoms with van der Waals surface area (Å²) >= 11 is 0. The fraction of sp³-hybridized carbons (Fsp3) is 0.944. The molecule has 2 aliphatic heterocycles. The molecule has 0 aromatic carbocycles. The number of amides is 1. The van der Waals surface area contributed by atoms with Crippen LogP contribution in [0.3, 0.4) is 0 Å². The van der Waals surface area contributed by atoms with E-state index >= 15 is 0 Å². The molecule has 134 valence electrons. The van der Waals surface area contributed by atoms with Crippen molar-refractivity contribution in [2.24, 2.45) is 11.3 Å². The number of carbonyl (C=O) groups is 1. The second-order valence-corrected chi connectivity index (χ2v) is 7.90. The maximum Gasteiger partial charge on any atom is 0.227 e. The lowest BCUT2D eigenvalue weighted by Crippen LogP contribution is -2.56. The van der Waals surface area contributed by atoms with Gasteiger partial charge in [-0.2, -0.15) is 0 Å². The van der Waals surface area contributed by atoms with Gasteiger partial charge in [-0.15, -0.1) is 0 Å². The van der Waals surface area contributed by atoms with Gasteiger partial charge in [0, 0.05) is 39.3 Å². The molecular formula is C18H36N4O. The summed E-state index contributed by atoms with van der Waals surface area (Å²) in [6.07, 6.45) is 1.98. The minimum absolute atomic E-state index is 0.185. The molecule has 2 fully saturated rings. The second-order valence-electron chi connectivity index (χ2n) is 7.90. The van der Waals surface area contributed by atoms with Crippen molar-refractivity contribution in [1.82, 2.24) is 20.0 Å². The lowest BCUT2D eigenvalue weighted by atomic mass is 9.76. The molecule has 1 amide bonds. The van der Waals surface area contributed by atoms with Crippen LogP contribution in [0.15, 0.2) is 0 Å². The highest BCUT2D eigenvalue weighted by atomic mass is 16.2. The topological polar surface area (TPSA) is 38.8 Å². The van der Waals surface area contributed by atoms with Crippen molar-refractivity contribution in [3.05, 3.63) is 0 Å². The molecule has 0 aliphatic carbocycles. The van der Waals surface area contributed by atoms with E-state index in [2.05, 4.69) is 47.8 Å². The number of nitrogens with one attached hydrogen (secondary N) is 1. The fourth-order valence-corrected chi connectivity index (χ4v) is 3.68. The van der Waals surface area contributed by atoms with Crippen LogP contribution in [0.2, 0.25) is 0 Å². The number of likely N-dealkylation sites (N-methyl/N-ethyl adjacent to an activating group) is 1. The molecule has 23 heavy (non-hydrogen) atoms. The normalized spacial score (nSPS) is 24.0. The van der Waals surface area contributed by atoms with E-state index in [0.717, 1.165) is 71.7 Å². The van der Waals surface area contributed by atoms with E-state index in [1.54, 1.807) is 0 Å². The molecule has 0 unspecified atom stereocenters. The average molecular weight is 325 g/mol. The molecule has 0 atom stereocenters. The number of hydrogen-bond acceptors (Lipinski definition) is 4. The first-order chi connectivity index (χ1) is 10.9. The first-order valence-electron chi connectivity index (χ1n) is 9.37. The molecule has 1 N–H and O–H groups in total. The van der Waals surface area contributed by atoms with Gasteiger partial charge in [0.25, 0.3) is 0 Å². The third-order valence-electron chi connectivity index (χ3n) is 5.54. The molecule has 0 bridgehead atoms. The third-order valence-corrected chi connectivity index (χ3v) is 5.54. The predicted octanol–water partition coefficient (Wildman–Crippen LogP) is 1.11. The summed E-state index contributed by atoms with van der Waals surface area (Å²) in [5, 5.41) is 3.22. The van der Waals surface area contributed by atoms with E-state index in [1.807, 2.05) is 0 Å². The van der Waals surface area contributed by atoms with Crippen LogP contribution in [0.4, 0.5) is 0 Å². The molecule has 2 heterocycles. The summed E-state index contributed by atoms with van der Waals surface area (Å²) in [6.45, 7) is 16.0. The Morgan fingerprint density at radius 2 is 1.61 bits per heavy atom. The van der Waals surface area contributed by atoms with Crippen molar-refractivity contribution < 1.29 is 4.79 Å². The van der Waals surface area contributed by atoms with Gasteiger partial charge in [-0.25, -0.2) is 0 Å². The van der Waals surface area contributed by atoms with E-state index in [0.29, 0.717) is 5.92 Å². The second kappa shape index (κ2) is 8.45. The van der Waals surface area contributed by atoms with Crippen molar-refractivity contribution >= 4 is 5.91 Å². The highest BCUT2D eigenvalue weighted by Crippen LogP contribution is 2.33. The number of likely N-dealkylation sites (tertiary alicyclic amines) is 1. The molecule has 2 saturated heterocycles. The molecule has 2 rings (SSSR count). The van der Waals surface area contributed by atoms with Gasteiger partial charge in [-0.05, 0) is 45.4 Å². The minimum Gasteiger partial charge on any atom is -0.355 e. The van der Waals surface area contributed by atoms with Gasteiger partial charge in [-0.3, -0.25) is 9.69 Å². The highest BCUT2D eigenvalue weighted by molar-refractivity contribution is 5.83. The standard InChI is InChI=1S/C18H36N4O/c1-5-21-10-12-22(13-11-21)15-18(6-8-20(4)9-7-18)17(23)19-14-16(2)3/h16H,5-15H2,1-4H3,(H,19,23). The largest absolute Gasteiger partial charge is 0.355 e. The van der Waals surface area contributed by atoms with Crippen LogP contribution in [-0.2, 0) is 4.79 Å². The SMILES string of the molecule is CCN1CCN(CC2(C(=O)NCC(C)C)CCN(C)CC2)CC1. The Morgan fingerprint density at radius 3 is 2.13 bits per heavy atom. The molecule has 5 heteroatoms. The maximum atomic E-state index is 13.0. The number of rotatable bonds is 6. The Labute approximate surface area is 142 Å². The zero-order chi connectivity index (χ0) is 16.9. The summed E-state index contributed by atoms with van der Waals surface area (Å²) in [7, 11) is 2.16. The Morgan fingerprint density at radius 1 is 1.04 bits per heavy atom. The molecule has 5 nitrogen and oxygen atoms in total. The zero-order valence-electron chi connectivity index (χ0n) is 15.6. The molecular weight excluding hydrogens is 288 g/mol. The highest BCUT2D eigenvalue weighted by Gasteiger charge is 2.42. The Hall–Kier alpha value is -0.650. The summed E-state index contributed by atoms with van der Waals surface area (Å²) in [5.41, 5.74) is -0.185. The molecule has 0 saturated carbocycles. The van der Waals surface area contributed by atoms with Gasteiger partial charge in [0.1, 0.15) is 0 Å². The van der Waals surface area contributed by atoms with E-state index in [-0.39, 0.29) is 11.3 Å².